The second kappa shape index (κ2) is 6.27. The smallest absolute Gasteiger partial charge is 0.147 e. The fourth-order valence-corrected chi connectivity index (χ4v) is 2.75. The van der Waals surface area contributed by atoms with E-state index in [1.165, 1.54) is 4.88 Å². The van der Waals surface area contributed by atoms with E-state index in [9.17, 15) is 0 Å². The van der Waals surface area contributed by atoms with Crippen LogP contribution < -0.4 is 10.6 Å². The maximum Gasteiger partial charge on any atom is 0.147 e. The normalized spacial score (nSPS) is 10.4. The molecular weight excluding hydrogens is 289 g/mol. The first-order chi connectivity index (χ1) is 8.70. The molecule has 0 fully saturated rings. The van der Waals surface area contributed by atoms with Crippen LogP contribution in [0.1, 0.15) is 4.88 Å². The summed E-state index contributed by atoms with van der Waals surface area (Å²) in [7, 11) is 1.78. The number of anilines is 2. The summed E-state index contributed by atoms with van der Waals surface area (Å²) in [6, 6.07) is 5.85. The van der Waals surface area contributed by atoms with E-state index >= 15 is 0 Å². The molecule has 2 rings (SSSR count). The largest absolute Gasteiger partial charge is 0.372 e. The monoisotopic (exact) mass is 301 g/mol. The zero-order valence-electron chi connectivity index (χ0n) is 9.84. The van der Waals surface area contributed by atoms with E-state index < -0.39 is 0 Å². The quantitative estimate of drug-likeness (QED) is 0.871. The molecule has 2 aromatic rings. The standard InChI is InChI=1S/C12H13Cl2N3S/c1-15-11-9(13)7-10(14)12(17-11)16-5-4-8-3-2-6-18-8/h2-3,6-7H,4-5H2,1H3,(H2,15,16,17). The van der Waals surface area contributed by atoms with Crippen LogP contribution in [0.3, 0.4) is 0 Å². The molecule has 0 aliphatic carbocycles. The van der Waals surface area contributed by atoms with Gasteiger partial charge in [-0.2, -0.15) is 0 Å². The van der Waals surface area contributed by atoms with Crippen molar-refractivity contribution in [1.82, 2.24) is 4.98 Å². The number of aromatic nitrogens is 1. The summed E-state index contributed by atoms with van der Waals surface area (Å²) >= 11 is 13.8. The number of hydrogen-bond acceptors (Lipinski definition) is 4. The Hall–Kier alpha value is -0.970. The lowest BCUT2D eigenvalue weighted by atomic mass is 10.3. The molecule has 0 amide bonds. The fourth-order valence-electron chi connectivity index (χ4n) is 1.52. The number of thiophene rings is 1. The van der Waals surface area contributed by atoms with Crippen LogP contribution in [0.15, 0.2) is 23.6 Å². The van der Waals surface area contributed by atoms with Crippen molar-refractivity contribution in [1.29, 1.82) is 0 Å². The molecule has 0 saturated heterocycles. The van der Waals surface area contributed by atoms with Crippen LogP contribution in [0.5, 0.6) is 0 Å². The van der Waals surface area contributed by atoms with Gasteiger partial charge in [-0.15, -0.1) is 11.3 Å². The van der Waals surface area contributed by atoms with E-state index in [0.29, 0.717) is 21.7 Å². The van der Waals surface area contributed by atoms with E-state index in [1.54, 1.807) is 24.5 Å². The van der Waals surface area contributed by atoms with E-state index in [4.69, 9.17) is 23.2 Å². The number of hydrogen-bond donors (Lipinski definition) is 2. The van der Waals surface area contributed by atoms with Crippen LogP contribution in [0.2, 0.25) is 10.0 Å². The minimum absolute atomic E-state index is 0.520. The highest BCUT2D eigenvalue weighted by Crippen LogP contribution is 2.28. The summed E-state index contributed by atoms with van der Waals surface area (Å²) < 4.78 is 0. The summed E-state index contributed by atoms with van der Waals surface area (Å²) in [5, 5.41) is 9.27. The summed E-state index contributed by atoms with van der Waals surface area (Å²) in [6.07, 6.45) is 0.952. The van der Waals surface area contributed by atoms with Gasteiger partial charge in [0, 0.05) is 18.5 Å². The SMILES string of the molecule is CNc1nc(NCCc2cccs2)c(Cl)cc1Cl. The molecule has 3 nitrogen and oxygen atoms in total. The molecule has 2 heterocycles. The third kappa shape index (κ3) is 3.28. The predicted octanol–water partition coefficient (Wildman–Crippen LogP) is 4.15. The molecule has 0 bridgehead atoms. The third-order valence-electron chi connectivity index (χ3n) is 2.41. The topological polar surface area (TPSA) is 37.0 Å². The molecule has 2 N–H and O–H groups in total. The Morgan fingerprint density at radius 2 is 2.06 bits per heavy atom. The van der Waals surface area contributed by atoms with Gasteiger partial charge in [-0.3, -0.25) is 0 Å². The van der Waals surface area contributed by atoms with Gasteiger partial charge in [0.25, 0.3) is 0 Å². The van der Waals surface area contributed by atoms with Crippen molar-refractivity contribution in [2.45, 2.75) is 6.42 Å². The average molecular weight is 302 g/mol. The predicted molar refractivity (Wildman–Crippen MR) is 80.3 cm³/mol. The van der Waals surface area contributed by atoms with Gasteiger partial charge in [0.2, 0.25) is 0 Å². The zero-order valence-corrected chi connectivity index (χ0v) is 12.2. The molecule has 0 spiro atoms. The molecule has 0 unspecified atom stereocenters. The number of nitrogens with zero attached hydrogens (tertiary/aromatic N) is 1. The molecule has 0 radical (unpaired) electrons. The van der Waals surface area contributed by atoms with Gasteiger partial charge in [-0.25, -0.2) is 4.98 Å². The molecular formula is C12H13Cl2N3S. The van der Waals surface area contributed by atoms with E-state index in [0.717, 1.165) is 13.0 Å². The number of pyridine rings is 1. The Labute approximate surface area is 120 Å². The Kier molecular flexibility index (Phi) is 4.69. The van der Waals surface area contributed by atoms with Crippen LogP contribution in [-0.4, -0.2) is 18.6 Å². The minimum atomic E-state index is 0.520. The van der Waals surface area contributed by atoms with Crippen LogP contribution in [0.4, 0.5) is 11.6 Å². The van der Waals surface area contributed by atoms with Gasteiger partial charge < -0.3 is 10.6 Å². The molecule has 0 aliphatic rings. The first-order valence-corrected chi connectivity index (χ1v) is 7.14. The second-order valence-corrected chi connectivity index (χ2v) is 5.50. The molecule has 96 valence electrons. The van der Waals surface area contributed by atoms with E-state index in [1.807, 2.05) is 6.07 Å². The zero-order chi connectivity index (χ0) is 13.0. The molecule has 6 heteroatoms. The highest BCUT2D eigenvalue weighted by atomic mass is 35.5. The highest BCUT2D eigenvalue weighted by molar-refractivity contribution is 7.09. The maximum atomic E-state index is 6.08. The van der Waals surface area contributed by atoms with Crippen molar-refractivity contribution in [2.75, 3.05) is 24.2 Å². The van der Waals surface area contributed by atoms with E-state index in [-0.39, 0.29) is 0 Å². The van der Waals surface area contributed by atoms with Crippen molar-refractivity contribution in [2.24, 2.45) is 0 Å². The lowest BCUT2D eigenvalue weighted by Gasteiger charge is -2.10. The van der Waals surface area contributed by atoms with Crippen LogP contribution in [-0.2, 0) is 6.42 Å². The van der Waals surface area contributed by atoms with Gasteiger partial charge in [0.15, 0.2) is 0 Å². The summed E-state index contributed by atoms with van der Waals surface area (Å²) in [5.41, 5.74) is 0. The molecule has 0 atom stereocenters. The third-order valence-corrected chi connectivity index (χ3v) is 3.92. The molecule has 0 saturated carbocycles. The van der Waals surface area contributed by atoms with Crippen LogP contribution in [0.25, 0.3) is 0 Å². The Balaban J connectivity index is 2.00. The molecule has 2 aromatic heterocycles. The summed E-state index contributed by atoms with van der Waals surface area (Å²) in [5.74, 6) is 1.28. The summed E-state index contributed by atoms with van der Waals surface area (Å²) in [6.45, 7) is 0.790. The van der Waals surface area contributed by atoms with Crippen molar-refractivity contribution >= 4 is 46.2 Å². The lowest BCUT2D eigenvalue weighted by molar-refractivity contribution is 1.03. The Morgan fingerprint density at radius 3 is 2.72 bits per heavy atom. The lowest BCUT2D eigenvalue weighted by Crippen LogP contribution is -2.07. The van der Waals surface area contributed by atoms with Gasteiger partial charge in [-0.1, -0.05) is 29.3 Å². The molecule has 0 aliphatic heterocycles. The minimum Gasteiger partial charge on any atom is -0.372 e. The average Bonchev–Trinajstić information content (AvgIpc) is 2.85. The van der Waals surface area contributed by atoms with Crippen molar-refractivity contribution < 1.29 is 0 Å². The first-order valence-electron chi connectivity index (χ1n) is 5.50. The second-order valence-electron chi connectivity index (χ2n) is 3.66. The van der Waals surface area contributed by atoms with E-state index in [2.05, 4.69) is 27.1 Å². The maximum absolute atomic E-state index is 6.08. The van der Waals surface area contributed by atoms with Gasteiger partial charge in [0.05, 0.1) is 10.0 Å². The van der Waals surface area contributed by atoms with Crippen LogP contribution >= 0.6 is 34.5 Å². The molecule has 0 aromatic carbocycles. The van der Waals surface area contributed by atoms with Gasteiger partial charge in [-0.05, 0) is 23.9 Å². The Bertz CT molecular complexity index is 514. The van der Waals surface area contributed by atoms with Crippen molar-refractivity contribution in [3.05, 3.63) is 38.5 Å². The molecule has 18 heavy (non-hydrogen) atoms. The fraction of sp³-hybridized carbons (Fsp3) is 0.250. The van der Waals surface area contributed by atoms with Crippen molar-refractivity contribution in [3.8, 4) is 0 Å². The Morgan fingerprint density at radius 1 is 1.28 bits per heavy atom. The number of halogens is 2. The van der Waals surface area contributed by atoms with Crippen LogP contribution in [0, 0.1) is 0 Å². The summed E-state index contributed by atoms with van der Waals surface area (Å²) in [4.78, 5) is 5.66. The highest BCUT2D eigenvalue weighted by Gasteiger charge is 2.07. The first kappa shape index (κ1) is 13.5. The number of rotatable bonds is 5. The number of nitrogens with one attached hydrogen (secondary N) is 2. The van der Waals surface area contributed by atoms with Crippen molar-refractivity contribution in [3.63, 3.8) is 0 Å². The van der Waals surface area contributed by atoms with Gasteiger partial charge >= 0.3 is 0 Å². The van der Waals surface area contributed by atoms with Gasteiger partial charge in [0.1, 0.15) is 11.6 Å².